The van der Waals surface area contributed by atoms with Crippen LogP contribution >= 0.6 is 0 Å². The van der Waals surface area contributed by atoms with Crippen molar-refractivity contribution in [2.45, 2.75) is 13.8 Å². The van der Waals surface area contributed by atoms with Crippen LogP contribution in [0.15, 0.2) is 30.3 Å². The molecule has 1 aromatic heterocycles. The van der Waals surface area contributed by atoms with Gasteiger partial charge in [0.05, 0.1) is 11.4 Å². The van der Waals surface area contributed by atoms with Gasteiger partial charge in [0.25, 0.3) is 0 Å². The van der Waals surface area contributed by atoms with Gasteiger partial charge in [0.15, 0.2) is 0 Å². The topological polar surface area (TPSA) is 70.2 Å². The lowest BCUT2D eigenvalue weighted by Crippen LogP contribution is -2.35. The van der Waals surface area contributed by atoms with Crippen molar-refractivity contribution in [3.63, 3.8) is 0 Å². The van der Waals surface area contributed by atoms with E-state index in [2.05, 4.69) is 20.6 Å². The maximum absolute atomic E-state index is 11.9. The van der Waals surface area contributed by atoms with Crippen molar-refractivity contribution in [1.29, 1.82) is 0 Å². The van der Waals surface area contributed by atoms with Gasteiger partial charge in [-0.1, -0.05) is 12.1 Å². The Hall–Kier alpha value is -2.63. The lowest BCUT2D eigenvalue weighted by Gasteiger charge is -2.30. The molecule has 0 fully saturated rings. The highest BCUT2D eigenvalue weighted by Crippen LogP contribution is 2.34. The zero-order valence-corrected chi connectivity index (χ0v) is 12.1. The van der Waals surface area contributed by atoms with E-state index in [1.54, 1.807) is 0 Å². The molecule has 0 bridgehead atoms. The van der Waals surface area contributed by atoms with Crippen molar-refractivity contribution < 1.29 is 4.79 Å². The van der Waals surface area contributed by atoms with Crippen molar-refractivity contribution in [2.24, 2.45) is 0 Å². The smallest absolute Gasteiger partial charge is 0.244 e. The van der Waals surface area contributed by atoms with Crippen LogP contribution in [0.4, 0.5) is 23.1 Å². The Morgan fingerprint density at radius 1 is 1.33 bits per heavy atom. The Kier molecular flexibility index (Phi) is 3.43. The first-order valence-corrected chi connectivity index (χ1v) is 6.93. The third-order valence-corrected chi connectivity index (χ3v) is 3.22. The summed E-state index contributed by atoms with van der Waals surface area (Å²) in [5, 5.41) is 5.99. The van der Waals surface area contributed by atoms with Gasteiger partial charge < -0.3 is 15.5 Å². The maximum Gasteiger partial charge on any atom is 0.244 e. The number of fused-ring (bicyclic) bond motifs is 1. The Bertz CT molecular complexity index is 686. The van der Waals surface area contributed by atoms with E-state index >= 15 is 0 Å². The van der Waals surface area contributed by atoms with Crippen LogP contribution in [0.1, 0.15) is 12.6 Å². The average molecular weight is 283 g/mol. The number of para-hydroxylation sites is 2. The first-order valence-electron chi connectivity index (χ1n) is 6.93. The third-order valence-electron chi connectivity index (χ3n) is 3.22. The van der Waals surface area contributed by atoms with Crippen LogP contribution in [-0.2, 0) is 4.79 Å². The highest BCUT2D eigenvalue weighted by Gasteiger charge is 2.24. The molecule has 2 N–H and O–H groups in total. The fourth-order valence-corrected chi connectivity index (χ4v) is 2.37. The van der Waals surface area contributed by atoms with Crippen LogP contribution in [0.5, 0.6) is 0 Å². The molecular weight excluding hydrogens is 266 g/mol. The quantitative estimate of drug-likeness (QED) is 0.904. The molecule has 0 spiro atoms. The van der Waals surface area contributed by atoms with Gasteiger partial charge in [0, 0.05) is 18.3 Å². The summed E-state index contributed by atoms with van der Waals surface area (Å²) < 4.78 is 0. The van der Waals surface area contributed by atoms with Crippen LogP contribution in [0.3, 0.4) is 0 Å². The van der Waals surface area contributed by atoms with Crippen molar-refractivity contribution in [3.05, 3.63) is 36.0 Å². The standard InChI is InChI=1S/C15H17N5O/c1-3-16-15-17-10(2)8-13(19-15)20-9-14(21)18-11-6-4-5-7-12(11)20/h4-8H,3,9H2,1-2H3,(H,18,21)(H,16,17,19). The second-order valence-corrected chi connectivity index (χ2v) is 4.87. The van der Waals surface area contributed by atoms with Crippen LogP contribution in [0, 0.1) is 6.92 Å². The van der Waals surface area contributed by atoms with Crippen LogP contribution < -0.4 is 15.5 Å². The van der Waals surface area contributed by atoms with E-state index < -0.39 is 0 Å². The predicted octanol–water partition coefficient (Wildman–Crippen LogP) is 2.31. The van der Waals surface area contributed by atoms with Gasteiger partial charge in [-0.25, -0.2) is 4.98 Å². The summed E-state index contributed by atoms with van der Waals surface area (Å²) >= 11 is 0. The third kappa shape index (κ3) is 2.65. The monoisotopic (exact) mass is 283 g/mol. The Labute approximate surface area is 123 Å². The molecular formula is C15H17N5O. The number of rotatable bonds is 3. The van der Waals surface area contributed by atoms with Gasteiger partial charge in [-0.15, -0.1) is 0 Å². The van der Waals surface area contributed by atoms with Crippen LogP contribution in [0.2, 0.25) is 0 Å². The molecule has 0 unspecified atom stereocenters. The number of aromatic nitrogens is 2. The lowest BCUT2D eigenvalue weighted by molar-refractivity contribution is -0.115. The van der Waals surface area contributed by atoms with E-state index in [0.717, 1.165) is 29.4 Å². The largest absolute Gasteiger partial charge is 0.354 e. The van der Waals surface area contributed by atoms with E-state index in [4.69, 9.17) is 0 Å². The minimum atomic E-state index is -0.0463. The molecule has 1 aliphatic heterocycles. The molecule has 0 saturated heterocycles. The number of carbonyl (C=O) groups excluding carboxylic acids is 1. The number of amides is 1. The summed E-state index contributed by atoms with van der Waals surface area (Å²) in [6.45, 7) is 4.91. The number of hydrogen-bond donors (Lipinski definition) is 2. The average Bonchev–Trinajstić information content (AvgIpc) is 2.46. The van der Waals surface area contributed by atoms with E-state index in [0.29, 0.717) is 5.95 Å². The van der Waals surface area contributed by atoms with Crippen molar-refractivity contribution in [3.8, 4) is 0 Å². The molecule has 3 rings (SSSR count). The predicted molar refractivity (Wildman–Crippen MR) is 83.0 cm³/mol. The number of benzene rings is 1. The zero-order chi connectivity index (χ0) is 14.8. The van der Waals surface area contributed by atoms with Crippen LogP contribution in [-0.4, -0.2) is 29.0 Å². The van der Waals surface area contributed by atoms with Gasteiger partial charge in [-0.05, 0) is 26.0 Å². The summed E-state index contributed by atoms with van der Waals surface area (Å²) in [6, 6.07) is 9.59. The number of aryl methyl sites for hydroxylation is 1. The lowest BCUT2D eigenvalue weighted by atomic mass is 10.2. The van der Waals surface area contributed by atoms with Crippen molar-refractivity contribution in [1.82, 2.24) is 9.97 Å². The number of anilines is 4. The zero-order valence-electron chi connectivity index (χ0n) is 12.1. The molecule has 0 saturated carbocycles. The number of nitrogens with zero attached hydrogens (tertiary/aromatic N) is 3. The van der Waals surface area contributed by atoms with Gasteiger partial charge >= 0.3 is 0 Å². The minimum Gasteiger partial charge on any atom is -0.354 e. The summed E-state index contributed by atoms with van der Waals surface area (Å²) in [5.74, 6) is 1.26. The fourth-order valence-electron chi connectivity index (χ4n) is 2.37. The Morgan fingerprint density at radius 3 is 2.95 bits per heavy atom. The molecule has 6 heteroatoms. The number of carbonyl (C=O) groups is 1. The molecule has 108 valence electrons. The van der Waals surface area contributed by atoms with Crippen LogP contribution in [0.25, 0.3) is 0 Å². The second kappa shape index (κ2) is 5.40. The number of hydrogen-bond acceptors (Lipinski definition) is 5. The first-order chi connectivity index (χ1) is 10.2. The molecule has 0 radical (unpaired) electrons. The van der Waals surface area contributed by atoms with E-state index in [-0.39, 0.29) is 12.5 Å². The van der Waals surface area contributed by atoms with Crippen molar-refractivity contribution >= 4 is 29.0 Å². The first kappa shape index (κ1) is 13.4. The minimum absolute atomic E-state index is 0.0463. The summed E-state index contributed by atoms with van der Waals surface area (Å²) in [5.41, 5.74) is 2.60. The molecule has 21 heavy (non-hydrogen) atoms. The van der Waals surface area contributed by atoms with Gasteiger partial charge in [0.1, 0.15) is 12.4 Å². The molecule has 6 nitrogen and oxygen atoms in total. The highest BCUT2D eigenvalue weighted by molar-refractivity contribution is 6.02. The van der Waals surface area contributed by atoms with Crippen molar-refractivity contribution in [2.75, 3.05) is 28.6 Å². The molecule has 1 aromatic carbocycles. The molecule has 1 amide bonds. The summed E-state index contributed by atoms with van der Waals surface area (Å²) in [7, 11) is 0. The van der Waals surface area contributed by atoms with Gasteiger partial charge in [-0.3, -0.25) is 4.79 Å². The Balaban J connectivity index is 2.06. The summed E-state index contributed by atoms with van der Waals surface area (Å²) in [6.07, 6.45) is 0. The summed E-state index contributed by atoms with van der Waals surface area (Å²) in [4.78, 5) is 22.6. The molecule has 2 aromatic rings. The van der Waals surface area contributed by atoms with E-state index in [1.807, 2.05) is 49.1 Å². The van der Waals surface area contributed by atoms with E-state index in [1.165, 1.54) is 0 Å². The normalized spacial score (nSPS) is 13.6. The highest BCUT2D eigenvalue weighted by atomic mass is 16.2. The number of nitrogens with one attached hydrogen (secondary N) is 2. The molecule has 1 aliphatic rings. The SMILES string of the molecule is CCNc1nc(C)cc(N2CC(=O)Nc3ccccc32)n1. The fraction of sp³-hybridized carbons (Fsp3) is 0.267. The molecule has 0 atom stereocenters. The van der Waals surface area contributed by atoms with Gasteiger partial charge in [0.2, 0.25) is 11.9 Å². The van der Waals surface area contributed by atoms with E-state index in [9.17, 15) is 4.79 Å². The maximum atomic E-state index is 11.9. The Morgan fingerprint density at radius 2 is 2.14 bits per heavy atom. The second-order valence-electron chi connectivity index (χ2n) is 4.87. The molecule has 2 heterocycles. The molecule has 0 aliphatic carbocycles. The van der Waals surface area contributed by atoms with Gasteiger partial charge in [-0.2, -0.15) is 4.98 Å².